The molecule has 2 aromatic carbocycles. The van der Waals surface area contributed by atoms with Gasteiger partial charge in [0.1, 0.15) is 0 Å². The number of nitrogens with one attached hydrogen (secondary N) is 1. The van der Waals surface area contributed by atoms with Crippen molar-refractivity contribution in [2.45, 2.75) is 13.5 Å². The minimum Gasteiger partial charge on any atom is -0.493 e. The van der Waals surface area contributed by atoms with Crippen molar-refractivity contribution in [2.75, 3.05) is 13.7 Å². The molecule has 1 N–H and O–H groups in total. The molecule has 0 aliphatic carbocycles. The predicted molar refractivity (Wildman–Crippen MR) is 90.0 cm³/mol. The van der Waals surface area contributed by atoms with E-state index in [-0.39, 0.29) is 0 Å². The Kier molecular flexibility index (Phi) is 6.10. The van der Waals surface area contributed by atoms with Crippen molar-refractivity contribution < 1.29 is 9.47 Å². The van der Waals surface area contributed by atoms with Gasteiger partial charge in [-0.1, -0.05) is 23.7 Å². The third kappa shape index (κ3) is 4.67. The van der Waals surface area contributed by atoms with E-state index in [1.165, 1.54) is 0 Å². The van der Waals surface area contributed by atoms with Crippen molar-refractivity contribution >= 4 is 17.8 Å². The molecule has 0 atom stereocenters. The van der Waals surface area contributed by atoms with E-state index in [0.717, 1.165) is 21.9 Å². The van der Waals surface area contributed by atoms with Crippen LogP contribution in [0.15, 0.2) is 47.6 Å². The zero-order chi connectivity index (χ0) is 15.8. The Bertz CT molecular complexity index is 627. The highest BCUT2D eigenvalue weighted by molar-refractivity contribution is 6.30. The average molecular weight is 319 g/mol. The van der Waals surface area contributed by atoms with Crippen molar-refractivity contribution in [3.63, 3.8) is 0 Å². The highest BCUT2D eigenvalue weighted by atomic mass is 35.5. The summed E-state index contributed by atoms with van der Waals surface area (Å²) in [6, 6.07) is 13.3. The van der Waals surface area contributed by atoms with Crippen molar-refractivity contribution in [1.29, 1.82) is 0 Å². The number of benzene rings is 2. The first-order valence-corrected chi connectivity index (χ1v) is 7.42. The summed E-state index contributed by atoms with van der Waals surface area (Å²) < 4.78 is 10.8. The zero-order valence-corrected chi connectivity index (χ0v) is 13.4. The summed E-state index contributed by atoms with van der Waals surface area (Å²) >= 11 is 5.84. The molecule has 0 spiro atoms. The van der Waals surface area contributed by atoms with Crippen LogP contribution in [0, 0.1) is 0 Å². The van der Waals surface area contributed by atoms with Crippen LogP contribution in [0.25, 0.3) is 0 Å². The fourth-order valence-corrected chi connectivity index (χ4v) is 2.02. The number of ether oxygens (including phenoxy) is 2. The zero-order valence-electron chi connectivity index (χ0n) is 12.7. The molecule has 0 aliphatic heterocycles. The second-order valence-electron chi connectivity index (χ2n) is 4.56. The largest absolute Gasteiger partial charge is 0.493 e. The highest BCUT2D eigenvalue weighted by Gasteiger charge is 2.03. The van der Waals surface area contributed by atoms with E-state index < -0.39 is 0 Å². The summed E-state index contributed by atoms with van der Waals surface area (Å²) in [4.78, 5) is 0. The van der Waals surface area contributed by atoms with Crippen LogP contribution >= 0.6 is 11.6 Å². The monoisotopic (exact) mass is 318 g/mol. The summed E-state index contributed by atoms with van der Waals surface area (Å²) in [5.41, 5.74) is 5.05. The smallest absolute Gasteiger partial charge is 0.161 e. The van der Waals surface area contributed by atoms with Gasteiger partial charge in [0.25, 0.3) is 0 Å². The Morgan fingerprint density at radius 3 is 2.59 bits per heavy atom. The Labute approximate surface area is 135 Å². The quantitative estimate of drug-likeness (QED) is 0.622. The van der Waals surface area contributed by atoms with Crippen molar-refractivity contribution in [3.8, 4) is 11.5 Å². The maximum atomic E-state index is 5.84. The van der Waals surface area contributed by atoms with Crippen LogP contribution in [0.4, 0.5) is 0 Å². The molecule has 2 rings (SSSR count). The summed E-state index contributed by atoms with van der Waals surface area (Å²) in [5, 5.41) is 4.94. The van der Waals surface area contributed by atoms with Crippen LogP contribution in [-0.4, -0.2) is 19.9 Å². The first-order valence-electron chi connectivity index (χ1n) is 7.04. The molecule has 2 aromatic rings. The van der Waals surface area contributed by atoms with Crippen LogP contribution < -0.4 is 14.9 Å². The topological polar surface area (TPSA) is 42.8 Å². The summed E-state index contributed by atoms with van der Waals surface area (Å²) in [5.74, 6) is 1.43. The molecule has 0 heterocycles. The van der Waals surface area contributed by atoms with E-state index in [1.54, 1.807) is 13.3 Å². The molecule has 5 heteroatoms. The predicted octanol–water partition coefficient (Wildman–Crippen LogP) is 3.87. The van der Waals surface area contributed by atoms with E-state index in [1.807, 2.05) is 49.4 Å². The fourth-order valence-electron chi connectivity index (χ4n) is 1.90. The molecule has 4 nitrogen and oxygen atoms in total. The van der Waals surface area contributed by atoms with Gasteiger partial charge in [0.2, 0.25) is 0 Å². The number of halogens is 1. The highest BCUT2D eigenvalue weighted by Crippen LogP contribution is 2.27. The number of nitrogens with zero attached hydrogens (tertiary/aromatic N) is 1. The molecule has 0 saturated carbocycles. The Hall–Kier alpha value is -2.20. The van der Waals surface area contributed by atoms with Crippen LogP contribution in [0.1, 0.15) is 18.1 Å². The molecular weight excluding hydrogens is 300 g/mol. The fraction of sp³-hybridized carbons (Fsp3) is 0.235. The van der Waals surface area contributed by atoms with E-state index in [0.29, 0.717) is 18.9 Å². The number of hydrogen-bond donors (Lipinski definition) is 1. The molecule has 0 bridgehead atoms. The normalized spacial score (nSPS) is 10.7. The van der Waals surface area contributed by atoms with Gasteiger partial charge in [-0.25, -0.2) is 0 Å². The van der Waals surface area contributed by atoms with Gasteiger partial charge in [0.05, 0.1) is 26.5 Å². The minimum absolute atomic E-state index is 0.604. The standard InChI is InChI=1S/C17H19ClN2O2/c1-3-22-16-9-6-14(10-17(16)21-2)12-20-19-11-13-4-7-15(18)8-5-13/h4-10,12,19H,3,11H2,1-2H3/b20-12-. The van der Waals surface area contributed by atoms with E-state index >= 15 is 0 Å². The molecule has 0 saturated heterocycles. The van der Waals surface area contributed by atoms with Crippen molar-refractivity contribution in [3.05, 3.63) is 58.6 Å². The van der Waals surface area contributed by atoms with Gasteiger partial charge in [-0.15, -0.1) is 0 Å². The van der Waals surface area contributed by atoms with Gasteiger partial charge in [-0.2, -0.15) is 5.10 Å². The summed E-state index contributed by atoms with van der Waals surface area (Å²) in [7, 11) is 1.62. The first-order chi connectivity index (χ1) is 10.7. The lowest BCUT2D eigenvalue weighted by Gasteiger charge is -2.09. The van der Waals surface area contributed by atoms with Gasteiger partial charge in [-0.05, 0) is 48.4 Å². The molecule has 22 heavy (non-hydrogen) atoms. The molecule has 0 unspecified atom stereocenters. The third-order valence-corrected chi connectivity index (χ3v) is 3.24. The van der Waals surface area contributed by atoms with Crippen LogP contribution in [-0.2, 0) is 6.54 Å². The molecule has 0 amide bonds. The Morgan fingerprint density at radius 1 is 1.14 bits per heavy atom. The number of hydrogen-bond acceptors (Lipinski definition) is 4. The third-order valence-electron chi connectivity index (χ3n) is 2.99. The second-order valence-corrected chi connectivity index (χ2v) is 5.00. The molecule has 0 aromatic heterocycles. The molecule has 0 radical (unpaired) electrons. The molecular formula is C17H19ClN2O2. The number of hydrazone groups is 1. The van der Waals surface area contributed by atoms with Crippen molar-refractivity contribution in [1.82, 2.24) is 5.43 Å². The lowest BCUT2D eigenvalue weighted by atomic mass is 10.2. The minimum atomic E-state index is 0.604. The van der Waals surface area contributed by atoms with Gasteiger partial charge in [0.15, 0.2) is 11.5 Å². The van der Waals surface area contributed by atoms with Gasteiger partial charge < -0.3 is 14.9 Å². The summed E-state index contributed by atoms with van der Waals surface area (Å²) in [6.45, 7) is 3.18. The lowest BCUT2D eigenvalue weighted by molar-refractivity contribution is 0.311. The number of rotatable bonds is 7. The van der Waals surface area contributed by atoms with Gasteiger partial charge in [-0.3, -0.25) is 0 Å². The second kappa shape index (κ2) is 8.29. The van der Waals surface area contributed by atoms with Crippen LogP contribution in [0.3, 0.4) is 0 Å². The lowest BCUT2D eigenvalue weighted by Crippen LogP contribution is -2.05. The van der Waals surface area contributed by atoms with Crippen LogP contribution in [0.2, 0.25) is 5.02 Å². The van der Waals surface area contributed by atoms with Crippen molar-refractivity contribution in [2.24, 2.45) is 5.10 Å². The van der Waals surface area contributed by atoms with Crippen LogP contribution in [0.5, 0.6) is 11.5 Å². The van der Waals surface area contributed by atoms with Gasteiger partial charge in [0, 0.05) is 5.02 Å². The Balaban J connectivity index is 1.93. The summed E-state index contributed by atoms with van der Waals surface area (Å²) in [6.07, 6.45) is 1.74. The molecule has 0 fully saturated rings. The molecule has 0 aliphatic rings. The van der Waals surface area contributed by atoms with E-state index in [9.17, 15) is 0 Å². The average Bonchev–Trinajstić information content (AvgIpc) is 2.54. The SMILES string of the molecule is CCOc1ccc(/C=N\NCc2ccc(Cl)cc2)cc1OC. The maximum absolute atomic E-state index is 5.84. The first kappa shape index (κ1) is 16.2. The number of methoxy groups -OCH3 is 1. The van der Waals surface area contributed by atoms with E-state index in [4.69, 9.17) is 21.1 Å². The molecule has 116 valence electrons. The maximum Gasteiger partial charge on any atom is 0.161 e. The van der Waals surface area contributed by atoms with E-state index in [2.05, 4.69) is 10.5 Å². The van der Waals surface area contributed by atoms with Gasteiger partial charge >= 0.3 is 0 Å². The Morgan fingerprint density at radius 2 is 1.91 bits per heavy atom.